The summed E-state index contributed by atoms with van der Waals surface area (Å²) < 4.78 is 10.6. The Morgan fingerprint density at radius 3 is 2.92 bits per heavy atom. The monoisotopic (exact) mass is 335 g/mol. The van der Waals surface area contributed by atoms with Gasteiger partial charge in [-0.05, 0) is 52.6 Å². The van der Waals surface area contributed by atoms with Gasteiger partial charge in [0.2, 0.25) is 5.88 Å². The molecule has 2 rings (SSSR count). The van der Waals surface area contributed by atoms with E-state index in [9.17, 15) is 4.79 Å². The molecule has 1 saturated heterocycles. The summed E-state index contributed by atoms with van der Waals surface area (Å²) in [6.45, 7) is 8.02. The van der Waals surface area contributed by atoms with Crippen molar-refractivity contribution in [3.05, 3.63) is 23.9 Å². The van der Waals surface area contributed by atoms with Crippen molar-refractivity contribution in [1.29, 1.82) is 0 Å². The molecule has 0 saturated carbocycles. The average Bonchev–Trinajstić information content (AvgIpc) is 2.99. The fourth-order valence-corrected chi connectivity index (χ4v) is 2.85. The van der Waals surface area contributed by atoms with Crippen LogP contribution in [0, 0.1) is 0 Å². The molecule has 1 N–H and O–H groups in total. The predicted octanol–water partition coefficient (Wildman–Crippen LogP) is 2.97. The van der Waals surface area contributed by atoms with E-state index in [4.69, 9.17) is 9.47 Å². The Bertz CT molecular complexity index is 543. The van der Waals surface area contributed by atoms with Gasteiger partial charge in [0.15, 0.2) is 0 Å². The summed E-state index contributed by atoms with van der Waals surface area (Å²) in [5.41, 5.74) is 0.505. The molecule has 0 spiro atoms. The Labute approximate surface area is 144 Å². The highest BCUT2D eigenvalue weighted by molar-refractivity contribution is 5.68. The number of carbonyl (C=O) groups excluding carboxylic acids is 1. The lowest BCUT2D eigenvalue weighted by Crippen LogP contribution is -2.40. The number of nitrogens with one attached hydrogen (secondary N) is 1. The van der Waals surface area contributed by atoms with Crippen LogP contribution in [0.15, 0.2) is 18.2 Å². The van der Waals surface area contributed by atoms with Crippen molar-refractivity contribution in [2.24, 2.45) is 0 Å². The average molecular weight is 335 g/mol. The highest BCUT2D eigenvalue weighted by Crippen LogP contribution is 2.22. The van der Waals surface area contributed by atoms with E-state index in [0.29, 0.717) is 12.4 Å². The van der Waals surface area contributed by atoms with Crippen molar-refractivity contribution < 1.29 is 14.3 Å². The standard InChI is InChI=1S/C18H29N3O3/c1-18(2,3)24-17(22)21-12-6-8-15(21)10-11-19-13-14-7-5-9-16(20-14)23-4/h5,7,9,15,19H,6,8,10-13H2,1-4H3. The molecule has 6 heteroatoms. The van der Waals surface area contributed by atoms with Crippen LogP contribution in [0.2, 0.25) is 0 Å². The molecule has 0 aliphatic carbocycles. The van der Waals surface area contributed by atoms with Crippen LogP contribution >= 0.6 is 0 Å². The number of methoxy groups -OCH3 is 1. The number of hydrogen-bond donors (Lipinski definition) is 1. The number of likely N-dealkylation sites (tertiary alicyclic amines) is 1. The lowest BCUT2D eigenvalue weighted by molar-refractivity contribution is 0.0220. The van der Waals surface area contributed by atoms with Gasteiger partial charge in [-0.2, -0.15) is 0 Å². The Kier molecular flexibility index (Phi) is 6.43. The molecule has 1 aromatic heterocycles. The van der Waals surface area contributed by atoms with Crippen molar-refractivity contribution in [2.75, 3.05) is 20.2 Å². The molecule has 0 aromatic carbocycles. The highest BCUT2D eigenvalue weighted by atomic mass is 16.6. The van der Waals surface area contributed by atoms with E-state index in [1.807, 2.05) is 43.9 Å². The normalized spacial score (nSPS) is 17.8. The highest BCUT2D eigenvalue weighted by Gasteiger charge is 2.31. The second-order valence-electron chi connectivity index (χ2n) is 7.11. The lowest BCUT2D eigenvalue weighted by atomic mass is 10.1. The third-order valence-electron chi connectivity index (χ3n) is 3.96. The predicted molar refractivity (Wildman–Crippen MR) is 93.1 cm³/mol. The van der Waals surface area contributed by atoms with Crippen molar-refractivity contribution in [1.82, 2.24) is 15.2 Å². The first kappa shape index (κ1) is 18.5. The van der Waals surface area contributed by atoms with Crippen LogP contribution in [0.4, 0.5) is 4.79 Å². The van der Waals surface area contributed by atoms with Crippen LogP contribution in [-0.4, -0.2) is 47.8 Å². The second-order valence-corrected chi connectivity index (χ2v) is 7.11. The molecule has 1 aliphatic rings. The number of nitrogens with zero attached hydrogens (tertiary/aromatic N) is 2. The fourth-order valence-electron chi connectivity index (χ4n) is 2.85. The second kappa shape index (κ2) is 8.33. The number of pyridine rings is 1. The zero-order valence-corrected chi connectivity index (χ0v) is 15.2. The Morgan fingerprint density at radius 1 is 1.42 bits per heavy atom. The summed E-state index contributed by atoms with van der Waals surface area (Å²) in [7, 11) is 1.62. The Morgan fingerprint density at radius 2 is 2.21 bits per heavy atom. The van der Waals surface area contributed by atoms with E-state index in [2.05, 4.69) is 10.3 Å². The van der Waals surface area contributed by atoms with Gasteiger partial charge in [-0.15, -0.1) is 0 Å². The number of carbonyl (C=O) groups is 1. The van der Waals surface area contributed by atoms with E-state index in [1.54, 1.807) is 7.11 Å². The summed E-state index contributed by atoms with van der Waals surface area (Å²) >= 11 is 0. The first-order chi connectivity index (χ1) is 11.4. The molecule has 1 fully saturated rings. The number of aromatic nitrogens is 1. The lowest BCUT2D eigenvalue weighted by Gasteiger charge is -2.28. The van der Waals surface area contributed by atoms with Crippen LogP contribution in [0.5, 0.6) is 5.88 Å². The summed E-state index contributed by atoms with van der Waals surface area (Å²) in [5, 5.41) is 3.39. The zero-order chi connectivity index (χ0) is 17.6. The van der Waals surface area contributed by atoms with Gasteiger partial charge < -0.3 is 19.7 Å². The van der Waals surface area contributed by atoms with E-state index < -0.39 is 5.60 Å². The van der Waals surface area contributed by atoms with Gasteiger partial charge in [0, 0.05) is 25.2 Å². The molecule has 134 valence electrons. The molecule has 0 radical (unpaired) electrons. The molecule has 1 amide bonds. The van der Waals surface area contributed by atoms with Gasteiger partial charge in [0.1, 0.15) is 5.60 Å². The molecule has 2 heterocycles. The number of hydrogen-bond acceptors (Lipinski definition) is 5. The maximum atomic E-state index is 12.3. The number of rotatable bonds is 6. The number of amides is 1. The molecule has 1 atom stereocenters. The van der Waals surface area contributed by atoms with E-state index >= 15 is 0 Å². The third-order valence-corrected chi connectivity index (χ3v) is 3.96. The molecular formula is C18H29N3O3. The third kappa shape index (κ3) is 5.67. The summed E-state index contributed by atoms with van der Waals surface area (Å²) in [6.07, 6.45) is 2.81. The van der Waals surface area contributed by atoms with E-state index in [1.165, 1.54) is 0 Å². The SMILES string of the molecule is COc1cccc(CNCCC2CCCN2C(=O)OC(C)(C)C)n1. The quantitative estimate of drug-likeness (QED) is 0.810. The first-order valence-electron chi connectivity index (χ1n) is 8.59. The molecular weight excluding hydrogens is 306 g/mol. The van der Waals surface area contributed by atoms with Gasteiger partial charge in [-0.3, -0.25) is 0 Å². The number of ether oxygens (including phenoxy) is 2. The minimum atomic E-state index is -0.444. The van der Waals surface area contributed by atoms with Gasteiger partial charge in [0.05, 0.1) is 12.8 Å². The van der Waals surface area contributed by atoms with Crippen LogP contribution in [0.3, 0.4) is 0 Å². The molecule has 1 aliphatic heterocycles. The minimum absolute atomic E-state index is 0.195. The molecule has 6 nitrogen and oxygen atoms in total. The van der Waals surface area contributed by atoms with Gasteiger partial charge >= 0.3 is 6.09 Å². The van der Waals surface area contributed by atoms with E-state index in [0.717, 1.165) is 38.0 Å². The fraction of sp³-hybridized carbons (Fsp3) is 0.667. The maximum absolute atomic E-state index is 12.3. The van der Waals surface area contributed by atoms with Crippen molar-refractivity contribution in [2.45, 2.75) is 58.2 Å². The van der Waals surface area contributed by atoms with Gasteiger partial charge in [0.25, 0.3) is 0 Å². The summed E-state index contributed by atoms with van der Waals surface area (Å²) in [5.74, 6) is 0.626. The molecule has 1 aromatic rings. The molecule has 0 bridgehead atoms. The Balaban J connectivity index is 1.75. The van der Waals surface area contributed by atoms with E-state index in [-0.39, 0.29) is 12.1 Å². The van der Waals surface area contributed by atoms with Crippen molar-refractivity contribution in [3.8, 4) is 5.88 Å². The van der Waals surface area contributed by atoms with Crippen LogP contribution in [0.25, 0.3) is 0 Å². The van der Waals surface area contributed by atoms with Crippen LogP contribution < -0.4 is 10.1 Å². The molecule has 24 heavy (non-hydrogen) atoms. The Hall–Kier alpha value is -1.82. The largest absolute Gasteiger partial charge is 0.481 e. The van der Waals surface area contributed by atoms with Crippen molar-refractivity contribution >= 4 is 6.09 Å². The van der Waals surface area contributed by atoms with Crippen molar-refractivity contribution in [3.63, 3.8) is 0 Å². The summed E-state index contributed by atoms with van der Waals surface area (Å²) in [6, 6.07) is 5.99. The smallest absolute Gasteiger partial charge is 0.410 e. The zero-order valence-electron chi connectivity index (χ0n) is 15.2. The maximum Gasteiger partial charge on any atom is 0.410 e. The minimum Gasteiger partial charge on any atom is -0.481 e. The topological polar surface area (TPSA) is 63.7 Å². The van der Waals surface area contributed by atoms with Gasteiger partial charge in [-0.1, -0.05) is 6.07 Å². The van der Waals surface area contributed by atoms with Crippen LogP contribution in [-0.2, 0) is 11.3 Å². The van der Waals surface area contributed by atoms with Crippen LogP contribution in [0.1, 0.15) is 45.7 Å². The summed E-state index contributed by atoms with van der Waals surface area (Å²) in [4.78, 5) is 18.5. The van der Waals surface area contributed by atoms with Gasteiger partial charge in [-0.25, -0.2) is 9.78 Å². The first-order valence-corrected chi connectivity index (χ1v) is 8.59. The molecule has 1 unspecified atom stereocenters.